The van der Waals surface area contributed by atoms with Gasteiger partial charge in [0.25, 0.3) is 0 Å². The number of hydrogen-bond donors (Lipinski definition) is 1. The number of nitrogens with one attached hydrogen (secondary N) is 1. The number of aryl methyl sites for hydroxylation is 1. The summed E-state index contributed by atoms with van der Waals surface area (Å²) in [4.78, 5) is 0. The maximum atomic E-state index is 5.28. The monoisotopic (exact) mass is 200 g/mol. The maximum absolute atomic E-state index is 5.28. The molecule has 2 saturated heterocycles. The van der Waals surface area contributed by atoms with Crippen LogP contribution in [-0.4, -0.2) is 11.7 Å². The molecule has 1 saturated carbocycles. The number of rotatable bonds is 1. The summed E-state index contributed by atoms with van der Waals surface area (Å²) in [5.74, 6) is 1.92. The average Bonchev–Trinajstić information content (AvgIpc) is 2.55. The quantitative estimate of drug-likeness (QED) is 0.749. The Morgan fingerprint density at radius 1 is 1.62 bits per heavy atom. The van der Waals surface area contributed by atoms with Crippen molar-refractivity contribution in [3.8, 4) is 0 Å². The van der Waals surface area contributed by atoms with Crippen molar-refractivity contribution in [3.05, 3.63) is 17.5 Å². The molecule has 0 aromatic carbocycles. The predicted molar refractivity (Wildman–Crippen MR) is 50.9 cm³/mol. The fourth-order valence-electron chi connectivity index (χ4n) is 2.43. The van der Waals surface area contributed by atoms with E-state index < -0.39 is 0 Å². The van der Waals surface area contributed by atoms with E-state index in [1.807, 2.05) is 6.92 Å². The van der Waals surface area contributed by atoms with Crippen LogP contribution in [0.4, 0.5) is 0 Å². The largest absolute Gasteiger partial charge is 0.359 e. The Morgan fingerprint density at radius 2 is 2.38 bits per heavy atom. The Bertz CT molecular complexity index is 312. The molecule has 1 aromatic rings. The van der Waals surface area contributed by atoms with Gasteiger partial charge in [0.1, 0.15) is 0 Å². The molecule has 3 fully saturated rings. The second kappa shape index (κ2) is 2.72. The van der Waals surface area contributed by atoms with Crippen molar-refractivity contribution in [2.45, 2.75) is 25.3 Å². The molecule has 2 aliphatic heterocycles. The predicted octanol–water partition coefficient (Wildman–Crippen LogP) is 1.61. The lowest BCUT2D eigenvalue weighted by Crippen LogP contribution is -2.39. The fraction of sp³-hybridized carbons (Fsp3) is 0.667. The fourth-order valence-corrected chi connectivity index (χ4v) is 2.43. The third kappa shape index (κ3) is 1.11. The number of aromatic nitrogens is 1. The molecule has 0 unspecified atom stereocenters. The van der Waals surface area contributed by atoms with Gasteiger partial charge in [0.05, 0.1) is 11.2 Å². The molecular formula is C9H13ClN2O. The Morgan fingerprint density at radius 3 is 2.85 bits per heavy atom. The molecule has 0 spiro atoms. The molecule has 4 rings (SSSR count). The summed E-state index contributed by atoms with van der Waals surface area (Å²) >= 11 is 0. The molecule has 1 aliphatic carbocycles. The highest BCUT2D eigenvalue weighted by molar-refractivity contribution is 5.85. The van der Waals surface area contributed by atoms with E-state index in [1.54, 1.807) is 0 Å². The van der Waals surface area contributed by atoms with Gasteiger partial charge in [-0.15, -0.1) is 12.4 Å². The van der Waals surface area contributed by atoms with E-state index in [0.29, 0.717) is 0 Å². The third-order valence-electron chi connectivity index (χ3n) is 3.10. The molecule has 72 valence electrons. The van der Waals surface area contributed by atoms with E-state index in [2.05, 4.69) is 16.5 Å². The Kier molecular flexibility index (Phi) is 1.89. The smallest absolute Gasteiger partial charge is 0.157 e. The molecule has 2 bridgehead atoms. The summed E-state index contributed by atoms with van der Waals surface area (Å²) in [6.45, 7) is 3.12. The Hall–Kier alpha value is -0.540. The minimum absolute atomic E-state index is 0. The molecule has 1 aromatic heterocycles. The highest BCUT2D eigenvalue weighted by Gasteiger charge is 2.53. The summed E-state index contributed by atoms with van der Waals surface area (Å²) in [5.41, 5.74) is 1.16. The van der Waals surface area contributed by atoms with E-state index in [0.717, 1.165) is 23.9 Å². The lowest BCUT2D eigenvalue weighted by molar-refractivity contribution is 0.173. The maximum Gasteiger partial charge on any atom is 0.157 e. The van der Waals surface area contributed by atoms with Gasteiger partial charge in [-0.2, -0.15) is 0 Å². The first-order valence-electron chi connectivity index (χ1n) is 4.47. The van der Waals surface area contributed by atoms with Crippen LogP contribution in [0.3, 0.4) is 0 Å². The molecule has 0 amide bonds. The number of halogens is 1. The zero-order valence-electron chi connectivity index (χ0n) is 7.54. The molecule has 0 atom stereocenters. The summed E-state index contributed by atoms with van der Waals surface area (Å²) in [5, 5.41) is 7.42. The Labute approximate surface area is 83.3 Å². The van der Waals surface area contributed by atoms with Crippen molar-refractivity contribution < 1.29 is 4.52 Å². The number of hydrogen-bond acceptors (Lipinski definition) is 3. The van der Waals surface area contributed by atoms with Gasteiger partial charge >= 0.3 is 0 Å². The van der Waals surface area contributed by atoms with Crippen LogP contribution in [0.5, 0.6) is 0 Å². The van der Waals surface area contributed by atoms with Gasteiger partial charge in [-0.1, -0.05) is 5.16 Å². The molecular weight excluding hydrogens is 188 g/mol. The van der Waals surface area contributed by atoms with E-state index >= 15 is 0 Å². The van der Waals surface area contributed by atoms with Crippen LogP contribution < -0.4 is 5.32 Å². The molecule has 3 heterocycles. The van der Waals surface area contributed by atoms with Gasteiger partial charge in [-0.25, -0.2) is 0 Å². The molecule has 13 heavy (non-hydrogen) atoms. The molecule has 0 radical (unpaired) electrons. The Balaban J connectivity index is 0.000000653. The third-order valence-corrected chi connectivity index (χ3v) is 3.10. The van der Waals surface area contributed by atoms with Gasteiger partial charge < -0.3 is 9.84 Å². The van der Waals surface area contributed by atoms with Gasteiger partial charge in [-0.05, 0) is 32.2 Å². The van der Waals surface area contributed by atoms with Crippen LogP contribution in [0.2, 0.25) is 0 Å². The second-order valence-electron chi connectivity index (χ2n) is 4.07. The van der Waals surface area contributed by atoms with Crippen molar-refractivity contribution in [1.82, 2.24) is 10.5 Å². The minimum atomic E-state index is 0. The van der Waals surface area contributed by atoms with Gasteiger partial charge in [0.2, 0.25) is 0 Å². The van der Waals surface area contributed by atoms with E-state index in [-0.39, 0.29) is 17.9 Å². The van der Waals surface area contributed by atoms with E-state index in [1.165, 1.54) is 12.8 Å². The number of fused-ring (bicyclic) bond motifs is 1. The molecule has 3 nitrogen and oxygen atoms in total. The van der Waals surface area contributed by atoms with Crippen LogP contribution in [0.1, 0.15) is 24.3 Å². The van der Waals surface area contributed by atoms with E-state index in [4.69, 9.17) is 4.52 Å². The zero-order valence-corrected chi connectivity index (χ0v) is 8.36. The van der Waals surface area contributed by atoms with Crippen LogP contribution in [0, 0.1) is 12.8 Å². The molecule has 3 aliphatic rings. The van der Waals surface area contributed by atoms with Crippen molar-refractivity contribution in [1.29, 1.82) is 0 Å². The minimum Gasteiger partial charge on any atom is -0.359 e. The van der Waals surface area contributed by atoms with Crippen molar-refractivity contribution >= 4 is 12.4 Å². The molecule has 1 N–H and O–H groups in total. The van der Waals surface area contributed by atoms with E-state index in [9.17, 15) is 0 Å². The summed E-state index contributed by atoms with van der Waals surface area (Å²) in [7, 11) is 0. The standard InChI is InChI=1S/C9H12N2O.ClH/c1-6-2-8(12-11-6)9-3-7(4-9)5-10-9;/h2,7,10H,3-5H2,1H3;1H. The van der Waals surface area contributed by atoms with Crippen LogP contribution >= 0.6 is 12.4 Å². The SMILES string of the molecule is Cc1cc(C23CC(CN2)C3)on1.Cl. The average molecular weight is 201 g/mol. The lowest BCUT2D eigenvalue weighted by atomic mass is 9.72. The number of nitrogens with zero attached hydrogens (tertiary/aromatic N) is 1. The summed E-state index contributed by atoms with van der Waals surface area (Å²) in [6.07, 6.45) is 2.48. The van der Waals surface area contributed by atoms with Crippen molar-refractivity contribution in [2.75, 3.05) is 6.54 Å². The first-order valence-corrected chi connectivity index (χ1v) is 4.47. The highest BCUT2D eigenvalue weighted by atomic mass is 35.5. The van der Waals surface area contributed by atoms with Gasteiger partial charge in [0.15, 0.2) is 5.76 Å². The van der Waals surface area contributed by atoms with Gasteiger partial charge in [-0.3, -0.25) is 0 Å². The topological polar surface area (TPSA) is 38.1 Å². The van der Waals surface area contributed by atoms with Crippen LogP contribution in [0.25, 0.3) is 0 Å². The zero-order chi connectivity index (χ0) is 8.18. The summed E-state index contributed by atoms with van der Waals surface area (Å²) < 4.78 is 5.28. The lowest BCUT2D eigenvalue weighted by Gasteiger charge is -2.34. The second-order valence-corrected chi connectivity index (χ2v) is 4.07. The summed E-state index contributed by atoms with van der Waals surface area (Å²) in [6, 6.07) is 2.05. The van der Waals surface area contributed by atoms with Gasteiger partial charge in [0, 0.05) is 6.07 Å². The van der Waals surface area contributed by atoms with Crippen LogP contribution in [-0.2, 0) is 5.54 Å². The van der Waals surface area contributed by atoms with Crippen LogP contribution in [0.15, 0.2) is 10.6 Å². The first-order chi connectivity index (χ1) is 5.78. The highest BCUT2D eigenvalue weighted by Crippen LogP contribution is 2.50. The molecule has 4 heteroatoms. The normalized spacial score (nSPS) is 35.3. The van der Waals surface area contributed by atoms with Crippen molar-refractivity contribution in [3.63, 3.8) is 0 Å². The van der Waals surface area contributed by atoms with Crippen molar-refractivity contribution in [2.24, 2.45) is 5.92 Å². The first kappa shape index (κ1) is 9.03.